The van der Waals surface area contributed by atoms with E-state index < -0.39 is 0 Å². The highest BCUT2D eigenvalue weighted by Crippen LogP contribution is 2.20. The van der Waals surface area contributed by atoms with E-state index in [4.69, 9.17) is 12.2 Å². The number of nitrogens with zero attached hydrogens (tertiary/aromatic N) is 2. The molecule has 6 nitrogen and oxygen atoms in total. The molecular weight excluding hydrogens is 384 g/mol. The smallest absolute Gasteiger partial charge is 0.257 e. The Morgan fingerprint density at radius 2 is 1.72 bits per heavy atom. The van der Waals surface area contributed by atoms with E-state index in [0.717, 1.165) is 43.1 Å². The molecule has 2 aromatic rings. The molecule has 1 fully saturated rings. The van der Waals surface area contributed by atoms with Crippen LogP contribution in [-0.4, -0.2) is 48.0 Å². The van der Waals surface area contributed by atoms with Gasteiger partial charge >= 0.3 is 0 Å². The number of benzene rings is 2. The molecule has 0 bridgehead atoms. The van der Waals surface area contributed by atoms with Gasteiger partial charge < -0.3 is 15.1 Å². The minimum Gasteiger partial charge on any atom is -0.368 e. The van der Waals surface area contributed by atoms with Crippen LogP contribution in [0.25, 0.3) is 0 Å². The number of thiocarbonyl (C=S) groups is 1. The number of anilines is 2. The van der Waals surface area contributed by atoms with Crippen LogP contribution in [-0.2, 0) is 4.79 Å². The predicted octanol–water partition coefficient (Wildman–Crippen LogP) is 3.18. The molecule has 0 saturated carbocycles. The highest BCUT2D eigenvalue weighted by Gasteiger charge is 2.20. The average molecular weight is 411 g/mol. The molecule has 29 heavy (non-hydrogen) atoms. The zero-order valence-corrected chi connectivity index (χ0v) is 17.6. The lowest BCUT2D eigenvalue weighted by Crippen LogP contribution is -2.48. The number of hydrogen-bond donors (Lipinski definition) is 2. The van der Waals surface area contributed by atoms with Gasteiger partial charge in [-0.25, -0.2) is 0 Å². The first-order valence-corrected chi connectivity index (χ1v) is 10.2. The van der Waals surface area contributed by atoms with Gasteiger partial charge in [0, 0.05) is 49.5 Å². The Hall–Kier alpha value is -2.93. The first-order chi connectivity index (χ1) is 14.0. The fourth-order valence-electron chi connectivity index (χ4n) is 3.32. The third-order valence-electron chi connectivity index (χ3n) is 4.93. The van der Waals surface area contributed by atoms with E-state index >= 15 is 0 Å². The van der Waals surface area contributed by atoms with Crippen LogP contribution >= 0.6 is 12.2 Å². The minimum absolute atomic E-state index is 0.213. The Bertz CT molecular complexity index is 890. The zero-order chi connectivity index (χ0) is 20.8. The lowest BCUT2D eigenvalue weighted by atomic mass is 10.1. The lowest BCUT2D eigenvalue weighted by Gasteiger charge is -2.36. The number of aryl methyl sites for hydroxylation is 1. The molecular formula is C22H26N4O2S. The van der Waals surface area contributed by atoms with Crippen LogP contribution in [0.5, 0.6) is 0 Å². The molecule has 0 spiro atoms. The molecule has 2 aromatic carbocycles. The lowest BCUT2D eigenvalue weighted by molar-refractivity contribution is -0.131. The molecule has 3 rings (SSSR count). The molecule has 0 aliphatic carbocycles. The first-order valence-electron chi connectivity index (χ1n) is 9.78. The van der Waals surface area contributed by atoms with Gasteiger partial charge in [-0.15, -0.1) is 0 Å². The molecule has 2 amide bonds. The van der Waals surface area contributed by atoms with Crippen LogP contribution in [0, 0.1) is 6.92 Å². The summed E-state index contributed by atoms with van der Waals surface area (Å²) in [4.78, 5) is 28.3. The van der Waals surface area contributed by atoms with Gasteiger partial charge in [-0.3, -0.25) is 14.9 Å². The van der Waals surface area contributed by atoms with Crippen molar-refractivity contribution >= 4 is 40.5 Å². The van der Waals surface area contributed by atoms with Crippen LogP contribution in [0.15, 0.2) is 48.5 Å². The highest BCUT2D eigenvalue weighted by atomic mass is 32.1. The normalized spacial score (nSPS) is 13.7. The predicted molar refractivity (Wildman–Crippen MR) is 120 cm³/mol. The minimum atomic E-state index is -0.234. The molecule has 152 valence electrons. The van der Waals surface area contributed by atoms with E-state index in [-0.39, 0.29) is 16.9 Å². The number of hydrogen-bond acceptors (Lipinski definition) is 4. The maximum absolute atomic E-state index is 12.3. The number of nitrogens with one attached hydrogen (secondary N) is 2. The highest BCUT2D eigenvalue weighted by molar-refractivity contribution is 7.80. The second kappa shape index (κ2) is 9.52. The summed E-state index contributed by atoms with van der Waals surface area (Å²) in [7, 11) is 0. The van der Waals surface area contributed by atoms with E-state index in [1.165, 1.54) is 0 Å². The largest absolute Gasteiger partial charge is 0.368 e. The number of rotatable bonds is 4. The third kappa shape index (κ3) is 5.54. The van der Waals surface area contributed by atoms with Crippen molar-refractivity contribution in [1.29, 1.82) is 0 Å². The molecule has 1 aliphatic heterocycles. The van der Waals surface area contributed by atoms with Gasteiger partial charge in [-0.1, -0.05) is 24.6 Å². The summed E-state index contributed by atoms with van der Waals surface area (Å²) in [5.74, 6) is -0.0206. The molecule has 0 atom stereocenters. The van der Waals surface area contributed by atoms with Gasteiger partial charge in [0.25, 0.3) is 5.91 Å². The van der Waals surface area contributed by atoms with E-state index in [1.54, 1.807) is 6.07 Å². The topological polar surface area (TPSA) is 64.7 Å². The Kier molecular flexibility index (Phi) is 6.82. The van der Waals surface area contributed by atoms with Crippen LogP contribution in [0.2, 0.25) is 0 Å². The van der Waals surface area contributed by atoms with Gasteiger partial charge in [-0.05, 0) is 55.5 Å². The SMILES string of the molecule is CCC(=O)N1CCN(c2ccc(NC(=S)NC(=O)c3cccc(C)c3)cc2)CC1. The standard InChI is InChI=1S/C22H26N4O2S/c1-3-20(27)26-13-11-25(12-14-26)19-9-7-18(8-10-19)23-22(29)24-21(28)17-6-4-5-16(2)15-17/h4-10,15H,3,11-14H2,1-2H3,(H2,23,24,28,29). The molecule has 0 aromatic heterocycles. The summed E-state index contributed by atoms with van der Waals surface area (Å²) in [5.41, 5.74) is 3.51. The average Bonchev–Trinajstić information content (AvgIpc) is 2.73. The van der Waals surface area contributed by atoms with Crippen LogP contribution in [0.4, 0.5) is 11.4 Å². The maximum Gasteiger partial charge on any atom is 0.257 e. The summed E-state index contributed by atoms with van der Waals surface area (Å²) in [6, 6.07) is 15.3. The van der Waals surface area contributed by atoms with Crippen molar-refractivity contribution in [3.8, 4) is 0 Å². The molecule has 0 unspecified atom stereocenters. The Morgan fingerprint density at radius 1 is 1.03 bits per heavy atom. The van der Waals surface area contributed by atoms with Crippen molar-refractivity contribution in [2.24, 2.45) is 0 Å². The summed E-state index contributed by atoms with van der Waals surface area (Å²) in [5, 5.41) is 6.01. The van der Waals surface area contributed by atoms with E-state index in [1.807, 2.05) is 61.2 Å². The molecule has 0 radical (unpaired) electrons. The monoisotopic (exact) mass is 410 g/mol. The fourth-order valence-corrected chi connectivity index (χ4v) is 3.53. The fraction of sp³-hybridized carbons (Fsp3) is 0.318. The second-order valence-corrected chi connectivity index (χ2v) is 7.45. The summed E-state index contributed by atoms with van der Waals surface area (Å²) < 4.78 is 0. The summed E-state index contributed by atoms with van der Waals surface area (Å²) >= 11 is 5.26. The third-order valence-corrected chi connectivity index (χ3v) is 5.14. The summed E-state index contributed by atoms with van der Waals surface area (Å²) in [6.07, 6.45) is 0.556. The van der Waals surface area contributed by atoms with Crippen LogP contribution < -0.4 is 15.5 Å². The van der Waals surface area contributed by atoms with E-state index in [9.17, 15) is 9.59 Å². The Balaban J connectivity index is 1.52. The maximum atomic E-state index is 12.3. The zero-order valence-electron chi connectivity index (χ0n) is 16.8. The molecule has 1 aliphatic rings. The van der Waals surface area contributed by atoms with Crippen molar-refractivity contribution in [1.82, 2.24) is 10.2 Å². The number of carbonyl (C=O) groups is 2. The molecule has 1 heterocycles. The van der Waals surface area contributed by atoms with Gasteiger partial charge in [0.05, 0.1) is 0 Å². The quantitative estimate of drug-likeness (QED) is 0.758. The van der Waals surface area contributed by atoms with Crippen molar-refractivity contribution < 1.29 is 9.59 Å². The molecule has 1 saturated heterocycles. The van der Waals surface area contributed by atoms with E-state index in [0.29, 0.717) is 12.0 Å². The number of piperazine rings is 1. The van der Waals surface area contributed by atoms with Gasteiger partial charge in [-0.2, -0.15) is 0 Å². The Morgan fingerprint density at radius 3 is 2.34 bits per heavy atom. The molecule has 2 N–H and O–H groups in total. The van der Waals surface area contributed by atoms with Gasteiger partial charge in [0.1, 0.15) is 0 Å². The van der Waals surface area contributed by atoms with Crippen molar-refractivity contribution in [3.05, 3.63) is 59.7 Å². The Labute approximate surface area is 176 Å². The van der Waals surface area contributed by atoms with Gasteiger partial charge in [0.15, 0.2) is 5.11 Å². The number of amides is 2. The number of carbonyl (C=O) groups excluding carboxylic acids is 2. The van der Waals surface area contributed by atoms with Crippen molar-refractivity contribution in [2.45, 2.75) is 20.3 Å². The first kappa shape index (κ1) is 20.8. The van der Waals surface area contributed by atoms with Gasteiger partial charge in [0.2, 0.25) is 5.91 Å². The van der Waals surface area contributed by atoms with Crippen molar-refractivity contribution in [2.75, 3.05) is 36.4 Å². The van der Waals surface area contributed by atoms with E-state index in [2.05, 4.69) is 15.5 Å². The second-order valence-electron chi connectivity index (χ2n) is 7.05. The van der Waals surface area contributed by atoms with Crippen LogP contribution in [0.3, 0.4) is 0 Å². The summed E-state index contributed by atoms with van der Waals surface area (Å²) in [6.45, 7) is 6.99. The van der Waals surface area contributed by atoms with Crippen LogP contribution in [0.1, 0.15) is 29.3 Å². The molecule has 7 heteroatoms. The van der Waals surface area contributed by atoms with Crippen molar-refractivity contribution in [3.63, 3.8) is 0 Å².